The lowest BCUT2D eigenvalue weighted by Crippen LogP contribution is -2.25. The molecule has 30 heavy (non-hydrogen) atoms. The van der Waals surface area contributed by atoms with Crippen LogP contribution in [0.15, 0.2) is 48.5 Å². The molecule has 0 unspecified atom stereocenters. The van der Waals surface area contributed by atoms with Crippen molar-refractivity contribution in [2.24, 2.45) is 0 Å². The number of sulfonamides is 1. The van der Waals surface area contributed by atoms with E-state index in [2.05, 4.69) is 5.32 Å². The van der Waals surface area contributed by atoms with Crippen molar-refractivity contribution in [1.29, 1.82) is 0 Å². The van der Waals surface area contributed by atoms with Gasteiger partial charge in [-0.05, 0) is 80.5 Å². The van der Waals surface area contributed by atoms with Gasteiger partial charge in [0, 0.05) is 18.7 Å². The fourth-order valence-corrected chi connectivity index (χ4v) is 5.66. The van der Waals surface area contributed by atoms with Crippen LogP contribution in [0.4, 0.5) is 11.4 Å². The highest BCUT2D eigenvalue weighted by molar-refractivity contribution is 7.93. The van der Waals surface area contributed by atoms with Gasteiger partial charge in [0.05, 0.1) is 17.5 Å². The van der Waals surface area contributed by atoms with Crippen LogP contribution in [-0.4, -0.2) is 32.7 Å². The van der Waals surface area contributed by atoms with Crippen molar-refractivity contribution in [3.05, 3.63) is 54.1 Å². The van der Waals surface area contributed by atoms with E-state index in [1.807, 2.05) is 24.3 Å². The number of carbonyl (C=O) groups excluding carboxylic acids is 1. The van der Waals surface area contributed by atoms with Gasteiger partial charge < -0.3 is 10.1 Å². The van der Waals surface area contributed by atoms with Crippen molar-refractivity contribution in [2.45, 2.75) is 51.0 Å². The number of anilines is 2. The molecule has 1 aliphatic carbocycles. The zero-order chi connectivity index (χ0) is 21.0. The lowest BCUT2D eigenvalue weighted by molar-refractivity contribution is -0.116. The van der Waals surface area contributed by atoms with E-state index in [0.717, 1.165) is 24.2 Å². The third-order valence-corrected chi connectivity index (χ3v) is 7.55. The SMILES string of the molecule is O=C(CCc1cccc(OC2CCCC2)c1)Nc1ccc(N2CCCS2(=O)=O)cc1. The van der Waals surface area contributed by atoms with Gasteiger partial charge in [-0.1, -0.05) is 12.1 Å². The summed E-state index contributed by atoms with van der Waals surface area (Å²) in [4.78, 5) is 12.3. The highest BCUT2D eigenvalue weighted by Crippen LogP contribution is 2.26. The summed E-state index contributed by atoms with van der Waals surface area (Å²) in [7, 11) is -3.19. The quantitative estimate of drug-likeness (QED) is 0.720. The largest absolute Gasteiger partial charge is 0.490 e. The van der Waals surface area contributed by atoms with Crippen LogP contribution in [0.25, 0.3) is 0 Å². The molecule has 1 heterocycles. The first-order valence-electron chi connectivity index (χ1n) is 10.7. The number of nitrogens with one attached hydrogen (secondary N) is 1. The Morgan fingerprint density at radius 2 is 1.83 bits per heavy atom. The molecule has 160 valence electrons. The highest BCUT2D eigenvalue weighted by Gasteiger charge is 2.28. The predicted octanol–water partition coefficient (Wildman–Crippen LogP) is 4.12. The minimum absolute atomic E-state index is 0.0707. The van der Waals surface area contributed by atoms with Crippen molar-refractivity contribution in [3.63, 3.8) is 0 Å². The molecule has 4 rings (SSSR count). The third-order valence-electron chi connectivity index (χ3n) is 5.68. The molecule has 7 heteroatoms. The molecule has 1 N–H and O–H groups in total. The predicted molar refractivity (Wildman–Crippen MR) is 118 cm³/mol. The van der Waals surface area contributed by atoms with E-state index in [1.54, 1.807) is 24.3 Å². The zero-order valence-electron chi connectivity index (χ0n) is 17.0. The van der Waals surface area contributed by atoms with E-state index in [0.29, 0.717) is 43.3 Å². The van der Waals surface area contributed by atoms with Gasteiger partial charge in [-0.15, -0.1) is 0 Å². The maximum absolute atomic E-state index is 12.3. The summed E-state index contributed by atoms with van der Waals surface area (Å²) in [5.41, 5.74) is 2.39. The van der Waals surface area contributed by atoms with Gasteiger partial charge in [0.1, 0.15) is 5.75 Å². The second-order valence-corrected chi connectivity index (χ2v) is 10.0. The second kappa shape index (κ2) is 9.08. The average Bonchev–Trinajstić information content (AvgIpc) is 3.36. The van der Waals surface area contributed by atoms with Gasteiger partial charge in [0.2, 0.25) is 15.9 Å². The minimum Gasteiger partial charge on any atom is -0.490 e. The van der Waals surface area contributed by atoms with Crippen molar-refractivity contribution in [3.8, 4) is 5.75 Å². The van der Waals surface area contributed by atoms with Crippen LogP contribution in [0.1, 0.15) is 44.1 Å². The number of nitrogens with zero attached hydrogens (tertiary/aromatic N) is 1. The standard InChI is InChI=1S/C23H28N2O4S/c26-23(14-9-18-5-3-8-22(17-18)29-21-6-1-2-7-21)24-19-10-12-20(13-11-19)25-15-4-16-30(25,27)28/h3,5,8,10-13,17,21H,1-2,4,6-7,9,14-16H2,(H,24,26). The van der Waals surface area contributed by atoms with E-state index in [4.69, 9.17) is 4.74 Å². The van der Waals surface area contributed by atoms with Gasteiger partial charge in [0.15, 0.2) is 0 Å². The maximum Gasteiger partial charge on any atom is 0.235 e. The Morgan fingerprint density at radius 1 is 1.07 bits per heavy atom. The van der Waals surface area contributed by atoms with Crippen molar-refractivity contribution in [1.82, 2.24) is 0 Å². The topological polar surface area (TPSA) is 75.7 Å². The third kappa shape index (κ3) is 5.14. The van der Waals surface area contributed by atoms with Crippen LogP contribution in [0.5, 0.6) is 5.75 Å². The van der Waals surface area contributed by atoms with E-state index >= 15 is 0 Å². The molecule has 6 nitrogen and oxygen atoms in total. The van der Waals surface area contributed by atoms with Crippen LogP contribution in [0.2, 0.25) is 0 Å². The fourth-order valence-electron chi connectivity index (χ4n) is 4.09. The molecule has 0 aromatic heterocycles. The molecular weight excluding hydrogens is 400 g/mol. The number of ether oxygens (including phenoxy) is 1. The first kappa shape index (κ1) is 20.7. The Labute approximate surface area is 178 Å². The Bertz CT molecular complexity index is 983. The molecular formula is C23H28N2O4S. The van der Waals surface area contributed by atoms with E-state index in [-0.39, 0.29) is 11.7 Å². The summed E-state index contributed by atoms with van der Waals surface area (Å²) in [6.45, 7) is 0.511. The maximum atomic E-state index is 12.3. The molecule has 2 aromatic rings. The second-order valence-electron chi connectivity index (χ2n) is 8.01. The number of amides is 1. The van der Waals surface area contributed by atoms with E-state index in [9.17, 15) is 13.2 Å². The van der Waals surface area contributed by atoms with Gasteiger partial charge in [-0.3, -0.25) is 9.10 Å². The molecule has 2 aromatic carbocycles. The van der Waals surface area contributed by atoms with Crippen LogP contribution in [0, 0.1) is 0 Å². The number of hydrogen-bond acceptors (Lipinski definition) is 4. The van der Waals surface area contributed by atoms with Crippen molar-refractivity contribution >= 4 is 27.3 Å². The number of hydrogen-bond donors (Lipinski definition) is 1. The summed E-state index contributed by atoms with van der Waals surface area (Å²) in [5.74, 6) is 1.00. The van der Waals surface area contributed by atoms with Gasteiger partial charge in [-0.2, -0.15) is 0 Å². The fraction of sp³-hybridized carbons (Fsp3) is 0.435. The average molecular weight is 429 g/mol. The highest BCUT2D eigenvalue weighted by atomic mass is 32.2. The number of rotatable bonds is 7. The molecule has 0 spiro atoms. The van der Waals surface area contributed by atoms with Crippen molar-refractivity contribution in [2.75, 3.05) is 21.9 Å². The Balaban J connectivity index is 1.28. The Morgan fingerprint density at radius 3 is 2.53 bits per heavy atom. The summed E-state index contributed by atoms with van der Waals surface area (Å²) in [6, 6.07) is 15.0. The molecule has 0 bridgehead atoms. The van der Waals surface area contributed by atoms with E-state index in [1.165, 1.54) is 17.1 Å². The molecule has 1 aliphatic heterocycles. The van der Waals surface area contributed by atoms with Crippen molar-refractivity contribution < 1.29 is 17.9 Å². The molecule has 1 amide bonds. The van der Waals surface area contributed by atoms with Crippen LogP contribution < -0.4 is 14.4 Å². The van der Waals surface area contributed by atoms with E-state index < -0.39 is 10.0 Å². The normalized spacial score (nSPS) is 18.5. The van der Waals surface area contributed by atoms with Gasteiger partial charge >= 0.3 is 0 Å². The molecule has 0 atom stereocenters. The zero-order valence-corrected chi connectivity index (χ0v) is 17.9. The molecule has 1 saturated carbocycles. The lowest BCUT2D eigenvalue weighted by Gasteiger charge is -2.17. The van der Waals surface area contributed by atoms with Crippen LogP contribution >= 0.6 is 0 Å². The smallest absolute Gasteiger partial charge is 0.235 e. The first-order valence-corrected chi connectivity index (χ1v) is 12.3. The lowest BCUT2D eigenvalue weighted by atomic mass is 10.1. The first-order chi connectivity index (χ1) is 14.5. The Hall–Kier alpha value is -2.54. The summed E-state index contributed by atoms with van der Waals surface area (Å²) in [6.07, 6.45) is 6.69. The molecule has 0 radical (unpaired) electrons. The Kier molecular flexibility index (Phi) is 6.27. The number of benzene rings is 2. The monoisotopic (exact) mass is 428 g/mol. The van der Waals surface area contributed by atoms with Gasteiger partial charge in [0.25, 0.3) is 0 Å². The van der Waals surface area contributed by atoms with Crippen LogP contribution in [-0.2, 0) is 21.2 Å². The molecule has 1 saturated heterocycles. The van der Waals surface area contributed by atoms with Gasteiger partial charge in [-0.25, -0.2) is 8.42 Å². The summed E-state index contributed by atoms with van der Waals surface area (Å²) >= 11 is 0. The minimum atomic E-state index is -3.19. The molecule has 2 fully saturated rings. The van der Waals surface area contributed by atoms with Crippen LogP contribution in [0.3, 0.4) is 0 Å². The number of aryl methyl sites for hydroxylation is 1. The summed E-state index contributed by atoms with van der Waals surface area (Å²) in [5, 5.41) is 2.89. The molecule has 2 aliphatic rings. The number of carbonyl (C=O) groups is 1. The summed E-state index contributed by atoms with van der Waals surface area (Å²) < 4.78 is 31.5.